The maximum atomic E-state index is 4.40. The lowest BCUT2D eigenvalue weighted by atomic mass is 9.99. The van der Waals surface area contributed by atoms with Crippen molar-refractivity contribution in [2.45, 2.75) is 46.1 Å². The van der Waals surface area contributed by atoms with Gasteiger partial charge in [-0.2, -0.15) is 0 Å². The van der Waals surface area contributed by atoms with Crippen molar-refractivity contribution in [3.05, 3.63) is 16.1 Å². The Kier molecular flexibility index (Phi) is 3.98. The maximum absolute atomic E-state index is 4.40. The highest BCUT2D eigenvalue weighted by atomic mass is 32.1. The van der Waals surface area contributed by atoms with E-state index >= 15 is 0 Å². The number of aromatic nitrogens is 1. The number of hydrogen-bond acceptors (Lipinski definition) is 3. The lowest BCUT2D eigenvalue weighted by Gasteiger charge is -2.21. The summed E-state index contributed by atoms with van der Waals surface area (Å²) in [5.41, 5.74) is 0. The van der Waals surface area contributed by atoms with Crippen molar-refractivity contribution in [2.75, 3.05) is 6.54 Å². The van der Waals surface area contributed by atoms with Gasteiger partial charge in [0.2, 0.25) is 0 Å². The zero-order chi connectivity index (χ0) is 11.5. The Labute approximate surface area is 102 Å². The Morgan fingerprint density at radius 2 is 2.25 bits per heavy atom. The topological polar surface area (TPSA) is 24.9 Å². The molecule has 90 valence electrons. The second-order valence-corrected chi connectivity index (χ2v) is 6.50. The molecule has 1 N–H and O–H groups in total. The molecule has 1 unspecified atom stereocenters. The normalized spacial score (nSPS) is 18.0. The largest absolute Gasteiger partial charge is 0.313 e. The highest BCUT2D eigenvalue weighted by molar-refractivity contribution is 7.11. The van der Waals surface area contributed by atoms with Gasteiger partial charge in [-0.05, 0) is 31.6 Å². The fourth-order valence-electron chi connectivity index (χ4n) is 2.26. The summed E-state index contributed by atoms with van der Waals surface area (Å²) in [5.74, 6) is 1.70. The molecular formula is C13H22N2S. The van der Waals surface area contributed by atoms with Crippen LogP contribution in [-0.2, 0) is 6.42 Å². The van der Waals surface area contributed by atoms with Crippen LogP contribution < -0.4 is 5.32 Å². The van der Waals surface area contributed by atoms with Crippen molar-refractivity contribution in [1.82, 2.24) is 10.3 Å². The summed E-state index contributed by atoms with van der Waals surface area (Å²) < 4.78 is 0. The average Bonchev–Trinajstić information content (AvgIpc) is 2.97. The van der Waals surface area contributed by atoms with Crippen LogP contribution in [0.1, 0.15) is 36.6 Å². The third-order valence-corrected chi connectivity index (χ3v) is 4.21. The van der Waals surface area contributed by atoms with Crippen LogP contribution in [0.25, 0.3) is 0 Å². The number of aryl methyl sites for hydroxylation is 1. The number of rotatable bonds is 6. The van der Waals surface area contributed by atoms with Crippen molar-refractivity contribution in [2.24, 2.45) is 11.8 Å². The Bertz CT molecular complexity index is 326. The first-order chi connectivity index (χ1) is 7.66. The molecular weight excluding hydrogens is 216 g/mol. The van der Waals surface area contributed by atoms with Crippen molar-refractivity contribution in [1.29, 1.82) is 0 Å². The zero-order valence-corrected chi connectivity index (χ0v) is 11.3. The fraction of sp³-hybridized carbons (Fsp3) is 0.769. The third-order valence-electron chi connectivity index (χ3n) is 3.24. The molecule has 1 heterocycles. The molecule has 0 amide bonds. The summed E-state index contributed by atoms with van der Waals surface area (Å²) in [4.78, 5) is 5.71. The van der Waals surface area contributed by atoms with Crippen LogP contribution in [0.15, 0.2) is 6.20 Å². The Balaban J connectivity index is 1.74. The first kappa shape index (κ1) is 12.1. The Hall–Kier alpha value is -0.410. The van der Waals surface area contributed by atoms with E-state index in [1.54, 1.807) is 0 Å². The molecule has 0 saturated heterocycles. The Morgan fingerprint density at radius 1 is 1.50 bits per heavy atom. The van der Waals surface area contributed by atoms with Crippen LogP contribution in [0.5, 0.6) is 0 Å². The molecule has 2 nitrogen and oxygen atoms in total. The van der Waals surface area contributed by atoms with E-state index in [1.807, 2.05) is 17.5 Å². The zero-order valence-electron chi connectivity index (χ0n) is 10.5. The second kappa shape index (κ2) is 5.28. The molecule has 0 aromatic carbocycles. The lowest BCUT2D eigenvalue weighted by Crippen LogP contribution is -2.37. The summed E-state index contributed by atoms with van der Waals surface area (Å²) in [5, 5.41) is 4.97. The number of nitrogens with one attached hydrogen (secondary N) is 1. The van der Waals surface area contributed by atoms with E-state index in [1.165, 1.54) is 22.7 Å². The lowest BCUT2D eigenvalue weighted by molar-refractivity contribution is 0.363. The van der Waals surface area contributed by atoms with E-state index in [-0.39, 0.29) is 0 Å². The molecule has 0 aliphatic heterocycles. The van der Waals surface area contributed by atoms with Gasteiger partial charge in [0.1, 0.15) is 0 Å². The molecule has 1 atom stereocenters. The van der Waals surface area contributed by atoms with E-state index in [0.717, 1.165) is 30.8 Å². The fourth-order valence-corrected chi connectivity index (χ4v) is 3.05. The van der Waals surface area contributed by atoms with Gasteiger partial charge >= 0.3 is 0 Å². The molecule has 2 rings (SSSR count). The van der Waals surface area contributed by atoms with Crippen LogP contribution in [0, 0.1) is 18.8 Å². The highest BCUT2D eigenvalue weighted by Crippen LogP contribution is 2.35. The summed E-state index contributed by atoms with van der Waals surface area (Å²) >= 11 is 1.82. The van der Waals surface area contributed by atoms with Crippen LogP contribution in [0.4, 0.5) is 0 Å². The smallest absolute Gasteiger partial charge is 0.0940 e. The van der Waals surface area contributed by atoms with E-state index in [0.29, 0.717) is 0 Å². The second-order valence-electron chi connectivity index (χ2n) is 5.18. The molecule has 16 heavy (non-hydrogen) atoms. The van der Waals surface area contributed by atoms with E-state index < -0.39 is 0 Å². The van der Waals surface area contributed by atoms with Crippen LogP contribution >= 0.6 is 11.3 Å². The summed E-state index contributed by atoms with van der Waals surface area (Å²) in [6.45, 7) is 7.84. The maximum Gasteiger partial charge on any atom is 0.0940 e. The first-order valence-corrected chi connectivity index (χ1v) is 7.13. The quantitative estimate of drug-likeness (QED) is 0.824. The van der Waals surface area contributed by atoms with Crippen LogP contribution in [-0.4, -0.2) is 17.6 Å². The van der Waals surface area contributed by atoms with Crippen LogP contribution in [0.3, 0.4) is 0 Å². The number of thiazole rings is 1. The van der Waals surface area contributed by atoms with Gasteiger partial charge in [-0.15, -0.1) is 11.3 Å². The van der Waals surface area contributed by atoms with Crippen molar-refractivity contribution < 1.29 is 0 Å². The van der Waals surface area contributed by atoms with Gasteiger partial charge in [0, 0.05) is 30.1 Å². The average molecular weight is 238 g/mol. The molecule has 3 heteroatoms. The van der Waals surface area contributed by atoms with Gasteiger partial charge in [-0.25, -0.2) is 4.98 Å². The minimum absolute atomic E-state index is 0.723. The van der Waals surface area contributed by atoms with E-state index in [4.69, 9.17) is 0 Å². The highest BCUT2D eigenvalue weighted by Gasteiger charge is 2.32. The predicted molar refractivity (Wildman–Crippen MR) is 69.9 cm³/mol. The summed E-state index contributed by atoms with van der Waals surface area (Å²) in [6, 6.07) is 0.723. The molecule has 1 aliphatic rings. The summed E-state index contributed by atoms with van der Waals surface area (Å²) in [6.07, 6.45) is 5.90. The molecule has 1 fully saturated rings. The van der Waals surface area contributed by atoms with Crippen molar-refractivity contribution >= 4 is 11.3 Å². The molecule has 0 radical (unpaired) electrons. The molecule has 1 aromatic rings. The van der Waals surface area contributed by atoms with Gasteiger partial charge in [0.25, 0.3) is 0 Å². The van der Waals surface area contributed by atoms with E-state index in [2.05, 4.69) is 31.1 Å². The Morgan fingerprint density at radius 3 is 2.75 bits per heavy atom. The molecule has 1 aromatic heterocycles. The minimum Gasteiger partial charge on any atom is -0.313 e. The predicted octanol–water partition coefficient (Wildman–Crippen LogP) is 3.02. The van der Waals surface area contributed by atoms with Gasteiger partial charge in [0.15, 0.2) is 0 Å². The standard InChI is InChI=1S/C13H22N2S/c1-9(2)13(11-4-5-11)14-7-6-12-15-8-10(3)16-12/h8-9,11,13-14H,4-7H2,1-3H3. The first-order valence-electron chi connectivity index (χ1n) is 6.31. The molecule has 1 saturated carbocycles. The number of hydrogen-bond donors (Lipinski definition) is 1. The van der Waals surface area contributed by atoms with Gasteiger partial charge < -0.3 is 5.32 Å². The molecule has 0 spiro atoms. The molecule has 0 bridgehead atoms. The number of nitrogens with zero attached hydrogens (tertiary/aromatic N) is 1. The molecule has 1 aliphatic carbocycles. The monoisotopic (exact) mass is 238 g/mol. The van der Waals surface area contributed by atoms with Gasteiger partial charge in [-0.3, -0.25) is 0 Å². The summed E-state index contributed by atoms with van der Waals surface area (Å²) in [7, 11) is 0. The third kappa shape index (κ3) is 3.29. The van der Waals surface area contributed by atoms with Crippen molar-refractivity contribution in [3.8, 4) is 0 Å². The van der Waals surface area contributed by atoms with Crippen LogP contribution in [0.2, 0.25) is 0 Å². The van der Waals surface area contributed by atoms with Gasteiger partial charge in [-0.1, -0.05) is 13.8 Å². The van der Waals surface area contributed by atoms with E-state index in [9.17, 15) is 0 Å². The minimum atomic E-state index is 0.723. The SMILES string of the molecule is Cc1cnc(CCNC(C(C)C)C2CC2)s1. The van der Waals surface area contributed by atoms with Crippen molar-refractivity contribution in [3.63, 3.8) is 0 Å². The van der Waals surface area contributed by atoms with Gasteiger partial charge in [0.05, 0.1) is 5.01 Å².